The molecule has 0 spiro atoms. The summed E-state index contributed by atoms with van der Waals surface area (Å²) in [6.07, 6.45) is 2.95. The standard InChI is InChI=1S/C17H21FN4O/c1-2-22-17(14-3-4-14)20-16(21-22)13-5-7-15(8-6-13)23-11-12(9-18)10-19/h5-9,14H,2-4,10-11,19H2,1H3/p+1/b12-9+. The summed E-state index contributed by atoms with van der Waals surface area (Å²) >= 11 is 0. The maximum absolute atomic E-state index is 12.5. The van der Waals surface area contributed by atoms with E-state index in [4.69, 9.17) is 15.5 Å². The van der Waals surface area contributed by atoms with Crippen LogP contribution in [0.3, 0.4) is 0 Å². The lowest BCUT2D eigenvalue weighted by atomic mass is 10.2. The summed E-state index contributed by atoms with van der Waals surface area (Å²) < 4.78 is 20.1. The second kappa shape index (κ2) is 6.91. The quantitative estimate of drug-likeness (QED) is 0.771. The maximum Gasteiger partial charge on any atom is 0.322 e. The van der Waals surface area contributed by atoms with Crippen molar-refractivity contribution in [3.05, 3.63) is 42.0 Å². The van der Waals surface area contributed by atoms with Crippen LogP contribution in [-0.4, -0.2) is 23.2 Å². The normalized spacial score (nSPS) is 15.0. The van der Waals surface area contributed by atoms with Crippen molar-refractivity contribution in [3.63, 3.8) is 0 Å². The van der Waals surface area contributed by atoms with Gasteiger partial charge in [0.25, 0.3) is 5.82 Å². The van der Waals surface area contributed by atoms with Crippen molar-refractivity contribution in [1.29, 1.82) is 0 Å². The van der Waals surface area contributed by atoms with E-state index in [2.05, 4.69) is 16.7 Å². The second-order valence-corrected chi connectivity index (χ2v) is 5.73. The largest absolute Gasteiger partial charge is 0.489 e. The summed E-state index contributed by atoms with van der Waals surface area (Å²) in [7, 11) is 0. The molecule has 23 heavy (non-hydrogen) atoms. The number of benzene rings is 1. The number of rotatable bonds is 7. The second-order valence-electron chi connectivity index (χ2n) is 5.73. The highest BCUT2D eigenvalue weighted by Gasteiger charge is 2.36. The van der Waals surface area contributed by atoms with E-state index in [9.17, 15) is 4.39 Å². The number of H-pyrrole nitrogens is 1. The van der Waals surface area contributed by atoms with Crippen molar-refractivity contribution in [1.82, 2.24) is 10.1 Å². The molecule has 0 amide bonds. The molecular formula is C17H22FN4O+. The van der Waals surface area contributed by atoms with E-state index in [1.54, 1.807) is 0 Å². The Morgan fingerprint density at radius 2 is 2.17 bits per heavy atom. The van der Waals surface area contributed by atoms with Crippen LogP contribution in [0.25, 0.3) is 11.4 Å². The van der Waals surface area contributed by atoms with Crippen LogP contribution in [0.2, 0.25) is 0 Å². The minimum atomic E-state index is 0.155. The van der Waals surface area contributed by atoms with Crippen LogP contribution < -0.4 is 15.2 Å². The molecule has 0 radical (unpaired) electrons. The zero-order valence-corrected chi connectivity index (χ0v) is 13.3. The predicted molar refractivity (Wildman–Crippen MR) is 85.6 cm³/mol. The minimum absolute atomic E-state index is 0.155. The van der Waals surface area contributed by atoms with Crippen LogP contribution in [0.4, 0.5) is 4.39 Å². The topological polar surface area (TPSA) is 67.8 Å². The Bertz CT molecular complexity index is 689. The molecule has 0 unspecified atom stereocenters. The van der Waals surface area contributed by atoms with Crippen LogP contribution >= 0.6 is 0 Å². The van der Waals surface area contributed by atoms with Crippen molar-refractivity contribution in [2.24, 2.45) is 5.73 Å². The number of aryl methyl sites for hydroxylation is 1. The number of aromatic nitrogens is 3. The molecule has 6 heteroatoms. The number of hydrogen-bond acceptors (Lipinski definition) is 3. The van der Waals surface area contributed by atoms with Gasteiger partial charge in [0.1, 0.15) is 18.9 Å². The number of ether oxygens (including phenoxy) is 1. The smallest absolute Gasteiger partial charge is 0.322 e. The summed E-state index contributed by atoms with van der Waals surface area (Å²) in [5.41, 5.74) is 6.84. The van der Waals surface area contributed by atoms with Crippen molar-refractivity contribution in [2.75, 3.05) is 13.2 Å². The maximum atomic E-state index is 12.5. The zero-order valence-electron chi connectivity index (χ0n) is 13.3. The highest BCUT2D eigenvalue weighted by atomic mass is 19.1. The Hall–Kier alpha value is -2.21. The summed E-state index contributed by atoms with van der Waals surface area (Å²) in [5.74, 6) is 3.29. The Labute approximate surface area is 135 Å². The first kappa shape index (κ1) is 15.7. The molecule has 1 aromatic heterocycles. The fraction of sp³-hybridized carbons (Fsp3) is 0.412. The molecule has 1 aliphatic rings. The summed E-state index contributed by atoms with van der Waals surface area (Å²) in [6, 6.07) is 7.62. The van der Waals surface area contributed by atoms with Gasteiger partial charge in [0, 0.05) is 17.7 Å². The van der Waals surface area contributed by atoms with Crippen LogP contribution in [0, 0.1) is 0 Å². The van der Waals surface area contributed by atoms with Crippen LogP contribution in [0.15, 0.2) is 36.2 Å². The van der Waals surface area contributed by atoms with Gasteiger partial charge in [-0.3, -0.25) is 0 Å². The molecule has 1 heterocycles. The Kier molecular flexibility index (Phi) is 4.71. The summed E-state index contributed by atoms with van der Waals surface area (Å²) in [5, 5.41) is 3.35. The molecule has 122 valence electrons. The summed E-state index contributed by atoms with van der Waals surface area (Å²) in [6.45, 7) is 3.31. The lowest BCUT2D eigenvalue weighted by Crippen LogP contribution is -2.38. The number of nitrogens with one attached hydrogen (secondary N) is 1. The van der Waals surface area contributed by atoms with E-state index in [1.165, 1.54) is 12.8 Å². The van der Waals surface area contributed by atoms with Crippen LogP contribution in [-0.2, 0) is 6.54 Å². The van der Waals surface area contributed by atoms with Gasteiger partial charge >= 0.3 is 5.82 Å². The van der Waals surface area contributed by atoms with Crippen LogP contribution in [0.5, 0.6) is 5.75 Å². The molecule has 1 aliphatic carbocycles. The van der Waals surface area contributed by atoms with Gasteiger partial charge in [-0.1, -0.05) is 0 Å². The SMILES string of the molecule is CC[n+]1[nH]c(-c2ccc(OC/C(=C/F)CN)cc2)nc1C1CC1. The minimum Gasteiger partial charge on any atom is -0.489 e. The highest BCUT2D eigenvalue weighted by molar-refractivity contribution is 5.55. The molecule has 2 aromatic rings. The molecule has 3 rings (SSSR count). The van der Waals surface area contributed by atoms with Crippen molar-refractivity contribution in [3.8, 4) is 17.1 Å². The van der Waals surface area contributed by atoms with Gasteiger partial charge in [0.2, 0.25) is 0 Å². The van der Waals surface area contributed by atoms with E-state index < -0.39 is 0 Å². The summed E-state index contributed by atoms with van der Waals surface area (Å²) in [4.78, 5) is 4.74. The molecular weight excluding hydrogens is 295 g/mol. The number of halogens is 1. The first-order chi connectivity index (χ1) is 11.2. The predicted octanol–water partition coefficient (Wildman–Crippen LogP) is 2.45. The van der Waals surface area contributed by atoms with Gasteiger partial charge in [0.05, 0.1) is 12.2 Å². The molecule has 0 atom stereocenters. The van der Waals surface area contributed by atoms with Gasteiger partial charge in [-0.15, -0.1) is 0 Å². The molecule has 0 aliphatic heterocycles. The Balaban J connectivity index is 1.72. The number of nitrogens with zero attached hydrogens (tertiary/aromatic N) is 2. The Morgan fingerprint density at radius 1 is 1.43 bits per heavy atom. The number of hydrogen-bond donors (Lipinski definition) is 2. The van der Waals surface area contributed by atoms with E-state index in [0.717, 1.165) is 23.8 Å². The highest BCUT2D eigenvalue weighted by Crippen LogP contribution is 2.37. The average Bonchev–Trinajstić information content (AvgIpc) is 3.35. The third-order valence-corrected chi connectivity index (χ3v) is 3.97. The monoisotopic (exact) mass is 317 g/mol. The van der Waals surface area contributed by atoms with Crippen molar-refractivity contribution in [2.45, 2.75) is 32.2 Å². The molecule has 5 nitrogen and oxygen atoms in total. The lowest BCUT2D eigenvalue weighted by Gasteiger charge is -2.06. The third kappa shape index (κ3) is 3.59. The average molecular weight is 317 g/mol. The van der Waals surface area contributed by atoms with E-state index in [1.807, 2.05) is 24.3 Å². The number of nitrogens with two attached hydrogens (primary N) is 1. The Morgan fingerprint density at radius 3 is 2.74 bits per heavy atom. The molecule has 1 fully saturated rings. The first-order valence-electron chi connectivity index (χ1n) is 7.96. The van der Waals surface area contributed by atoms with E-state index in [-0.39, 0.29) is 13.2 Å². The van der Waals surface area contributed by atoms with Gasteiger partial charge in [-0.25, -0.2) is 4.39 Å². The van der Waals surface area contributed by atoms with Crippen molar-refractivity contribution < 1.29 is 13.8 Å². The molecule has 1 saturated carbocycles. The van der Waals surface area contributed by atoms with Crippen LogP contribution in [0.1, 0.15) is 31.5 Å². The van der Waals surface area contributed by atoms with Gasteiger partial charge in [0.15, 0.2) is 0 Å². The third-order valence-electron chi connectivity index (χ3n) is 3.97. The molecule has 1 aromatic carbocycles. The molecule has 0 bridgehead atoms. The van der Waals surface area contributed by atoms with Gasteiger partial charge in [-0.2, -0.15) is 9.78 Å². The van der Waals surface area contributed by atoms with Gasteiger partial charge in [-0.05, 0) is 49.0 Å². The first-order valence-corrected chi connectivity index (χ1v) is 7.96. The lowest BCUT2D eigenvalue weighted by molar-refractivity contribution is -0.754. The number of aromatic amines is 1. The van der Waals surface area contributed by atoms with E-state index >= 15 is 0 Å². The van der Waals surface area contributed by atoms with E-state index in [0.29, 0.717) is 23.6 Å². The van der Waals surface area contributed by atoms with Crippen molar-refractivity contribution >= 4 is 0 Å². The molecule has 3 N–H and O–H groups in total. The fourth-order valence-corrected chi connectivity index (χ4v) is 2.43. The van der Waals surface area contributed by atoms with Gasteiger partial charge < -0.3 is 10.5 Å². The fourth-order valence-electron chi connectivity index (χ4n) is 2.43. The molecule has 0 saturated heterocycles. The zero-order chi connectivity index (χ0) is 16.2.